The van der Waals surface area contributed by atoms with Crippen LogP contribution in [0.4, 0.5) is 5.69 Å². The van der Waals surface area contributed by atoms with Gasteiger partial charge in [-0.05, 0) is 24.1 Å². The lowest BCUT2D eigenvalue weighted by Gasteiger charge is -2.25. The lowest BCUT2D eigenvalue weighted by Crippen LogP contribution is -2.23. The van der Waals surface area contributed by atoms with Gasteiger partial charge in [-0.15, -0.1) is 0 Å². The Balaban J connectivity index is 1.76. The first-order chi connectivity index (χ1) is 9.83. The van der Waals surface area contributed by atoms with Crippen molar-refractivity contribution in [3.8, 4) is 0 Å². The summed E-state index contributed by atoms with van der Waals surface area (Å²) in [5.41, 5.74) is 4.75. The van der Waals surface area contributed by atoms with Crippen molar-refractivity contribution in [2.75, 3.05) is 11.9 Å². The predicted molar refractivity (Wildman–Crippen MR) is 79.9 cm³/mol. The average Bonchev–Trinajstić information content (AvgIpc) is 2.84. The summed E-state index contributed by atoms with van der Waals surface area (Å²) >= 11 is 0. The smallest absolute Gasteiger partial charge is 0.114 e. The Kier molecular flexibility index (Phi) is 2.49. The Morgan fingerprint density at radius 1 is 1.25 bits per heavy atom. The molecule has 20 heavy (non-hydrogen) atoms. The van der Waals surface area contributed by atoms with Crippen LogP contribution < -0.4 is 5.32 Å². The van der Waals surface area contributed by atoms with Crippen molar-refractivity contribution in [1.82, 2.24) is 14.5 Å². The van der Waals surface area contributed by atoms with Crippen LogP contribution >= 0.6 is 0 Å². The molecule has 1 N–H and O–H groups in total. The predicted octanol–water partition coefficient (Wildman–Crippen LogP) is 2.72. The first-order valence-electron chi connectivity index (χ1n) is 6.91. The molecule has 2 aromatic heterocycles. The van der Waals surface area contributed by atoms with E-state index in [0.717, 1.165) is 29.8 Å². The minimum absolute atomic E-state index is 0.405. The quantitative estimate of drug-likeness (QED) is 0.735. The number of nitrogens with zero attached hydrogens (tertiary/aromatic N) is 3. The summed E-state index contributed by atoms with van der Waals surface area (Å²) in [6, 6.07) is 10.5. The molecule has 0 amide bonds. The molecule has 100 valence electrons. The van der Waals surface area contributed by atoms with Crippen molar-refractivity contribution in [2.24, 2.45) is 7.05 Å². The first kappa shape index (κ1) is 11.5. The Hall–Kier alpha value is -2.36. The zero-order valence-electron chi connectivity index (χ0n) is 11.4. The van der Waals surface area contributed by atoms with E-state index in [1.54, 1.807) is 0 Å². The number of rotatable bonds is 1. The fourth-order valence-electron chi connectivity index (χ4n) is 3.06. The van der Waals surface area contributed by atoms with Crippen LogP contribution in [0, 0.1) is 0 Å². The maximum absolute atomic E-state index is 4.77. The van der Waals surface area contributed by atoms with E-state index in [-0.39, 0.29) is 0 Å². The van der Waals surface area contributed by atoms with E-state index >= 15 is 0 Å². The maximum Gasteiger partial charge on any atom is 0.114 e. The molecular formula is C16H16N4. The second-order valence-electron chi connectivity index (χ2n) is 5.33. The third-order valence-corrected chi connectivity index (χ3v) is 4.11. The van der Waals surface area contributed by atoms with Gasteiger partial charge in [-0.1, -0.05) is 18.2 Å². The molecule has 1 unspecified atom stereocenters. The zero-order valence-corrected chi connectivity index (χ0v) is 11.4. The largest absolute Gasteiger partial charge is 0.384 e. The summed E-state index contributed by atoms with van der Waals surface area (Å²) in [7, 11) is 2.09. The van der Waals surface area contributed by atoms with E-state index in [4.69, 9.17) is 4.98 Å². The van der Waals surface area contributed by atoms with E-state index in [9.17, 15) is 0 Å². The Labute approximate surface area is 117 Å². The summed E-state index contributed by atoms with van der Waals surface area (Å²) in [5, 5.41) is 3.51. The van der Waals surface area contributed by atoms with Gasteiger partial charge in [-0.3, -0.25) is 4.98 Å². The summed E-state index contributed by atoms with van der Waals surface area (Å²) in [5.74, 6) is 1.54. The van der Waals surface area contributed by atoms with Gasteiger partial charge >= 0.3 is 0 Å². The SMILES string of the molecule is Cn1c(C2CNc3ccccc3C2)nc2cnccc21. The number of nitrogens with one attached hydrogen (secondary N) is 1. The number of pyridine rings is 1. The van der Waals surface area contributed by atoms with Gasteiger partial charge in [0.05, 0.1) is 11.7 Å². The molecule has 4 heteroatoms. The molecule has 0 spiro atoms. The normalized spacial score (nSPS) is 17.8. The minimum Gasteiger partial charge on any atom is -0.384 e. The molecule has 1 aliphatic rings. The molecule has 1 aliphatic heterocycles. The van der Waals surface area contributed by atoms with Crippen LogP contribution in [0.2, 0.25) is 0 Å². The van der Waals surface area contributed by atoms with Gasteiger partial charge in [0.2, 0.25) is 0 Å². The fourth-order valence-corrected chi connectivity index (χ4v) is 3.06. The molecular weight excluding hydrogens is 248 g/mol. The van der Waals surface area contributed by atoms with Gasteiger partial charge in [-0.25, -0.2) is 4.98 Å². The second-order valence-corrected chi connectivity index (χ2v) is 5.33. The monoisotopic (exact) mass is 264 g/mol. The van der Waals surface area contributed by atoms with Gasteiger partial charge in [0.25, 0.3) is 0 Å². The van der Waals surface area contributed by atoms with Crippen LogP contribution in [0.25, 0.3) is 11.0 Å². The van der Waals surface area contributed by atoms with Crippen LogP contribution in [-0.4, -0.2) is 21.1 Å². The lowest BCUT2D eigenvalue weighted by atomic mass is 9.93. The average molecular weight is 264 g/mol. The molecule has 1 atom stereocenters. The highest BCUT2D eigenvalue weighted by Crippen LogP contribution is 2.30. The van der Waals surface area contributed by atoms with Crippen molar-refractivity contribution in [3.63, 3.8) is 0 Å². The van der Waals surface area contributed by atoms with Crippen molar-refractivity contribution >= 4 is 16.7 Å². The van der Waals surface area contributed by atoms with E-state index in [2.05, 4.69) is 46.2 Å². The molecule has 3 aromatic rings. The molecule has 0 bridgehead atoms. The molecule has 0 saturated carbocycles. The second kappa shape index (κ2) is 4.34. The molecule has 0 radical (unpaired) electrons. The van der Waals surface area contributed by atoms with Gasteiger partial charge in [0.1, 0.15) is 11.3 Å². The first-order valence-corrected chi connectivity index (χ1v) is 6.91. The highest BCUT2D eigenvalue weighted by molar-refractivity contribution is 5.74. The highest BCUT2D eigenvalue weighted by Gasteiger charge is 2.23. The molecule has 0 aliphatic carbocycles. The summed E-state index contributed by atoms with van der Waals surface area (Å²) in [6.45, 7) is 0.932. The number of aromatic nitrogens is 3. The van der Waals surface area contributed by atoms with Gasteiger partial charge in [0.15, 0.2) is 0 Å². The van der Waals surface area contributed by atoms with Gasteiger partial charge in [0, 0.05) is 31.4 Å². The third kappa shape index (κ3) is 1.68. The molecule has 4 rings (SSSR count). The summed E-state index contributed by atoms with van der Waals surface area (Å²) in [4.78, 5) is 8.93. The van der Waals surface area contributed by atoms with E-state index < -0.39 is 0 Å². The Morgan fingerprint density at radius 2 is 2.15 bits per heavy atom. The number of fused-ring (bicyclic) bond motifs is 2. The van der Waals surface area contributed by atoms with Gasteiger partial charge in [-0.2, -0.15) is 0 Å². The topological polar surface area (TPSA) is 42.7 Å². The van der Waals surface area contributed by atoms with E-state index in [0.29, 0.717) is 5.92 Å². The molecule has 0 saturated heterocycles. The van der Waals surface area contributed by atoms with Crippen LogP contribution in [0.1, 0.15) is 17.3 Å². The Bertz CT molecular complexity index is 775. The molecule has 1 aromatic carbocycles. The number of anilines is 1. The van der Waals surface area contributed by atoms with Gasteiger partial charge < -0.3 is 9.88 Å². The van der Waals surface area contributed by atoms with Crippen molar-refractivity contribution < 1.29 is 0 Å². The number of aryl methyl sites for hydroxylation is 1. The third-order valence-electron chi connectivity index (χ3n) is 4.11. The van der Waals surface area contributed by atoms with Crippen LogP contribution in [0.15, 0.2) is 42.7 Å². The Morgan fingerprint density at radius 3 is 3.05 bits per heavy atom. The summed E-state index contributed by atoms with van der Waals surface area (Å²) < 4.78 is 2.19. The van der Waals surface area contributed by atoms with Crippen LogP contribution in [0.5, 0.6) is 0 Å². The molecule has 4 nitrogen and oxygen atoms in total. The fraction of sp³-hybridized carbons (Fsp3) is 0.250. The van der Waals surface area contributed by atoms with Crippen molar-refractivity contribution in [2.45, 2.75) is 12.3 Å². The number of hydrogen-bond donors (Lipinski definition) is 1. The molecule has 3 heterocycles. The number of para-hydroxylation sites is 1. The lowest BCUT2D eigenvalue weighted by molar-refractivity contribution is 0.624. The standard InChI is InChI=1S/C16H16N4/c1-20-15-6-7-17-10-14(15)19-16(20)12-8-11-4-2-3-5-13(11)18-9-12/h2-7,10,12,18H,8-9H2,1H3. The maximum atomic E-state index is 4.77. The van der Waals surface area contributed by atoms with Crippen LogP contribution in [0.3, 0.4) is 0 Å². The van der Waals surface area contributed by atoms with Crippen LogP contribution in [-0.2, 0) is 13.5 Å². The van der Waals surface area contributed by atoms with Crippen molar-refractivity contribution in [3.05, 3.63) is 54.1 Å². The number of hydrogen-bond acceptors (Lipinski definition) is 3. The van der Waals surface area contributed by atoms with E-state index in [1.165, 1.54) is 11.3 Å². The zero-order chi connectivity index (χ0) is 13.5. The van der Waals surface area contributed by atoms with E-state index in [1.807, 2.05) is 18.5 Å². The minimum atomic E-state index is 0.405. The van der Waals surface area contributed by atoms with Crippen molar-refractivity contribution in [1.29, 1.82) is 0 Å². The number of imidazole rings is 1. The highest BCUT2D eigenvalue weighted by atomic mass is 15.1. The number of benzene rings is 1. The summed E-state index contributed by atoms with van der Waals surface area (Å²) in [6.07, 6.45) is 4.69. The molecule has 0 fully saturated rings.